The van der Waals surface area contributed by atoms with Crippen molar-refractivity contribution in [3.63, 3.8) is 0 Å². The molecule has 1 atom stereocenters. The first-order valence-electron chi connectivity index (χ1n) is 6.25. The summed E-state index contributed by atoms with van der Waals surface area (Å²) in [6.45, 7) is 2.32. The Balaban J connectivity index is 2.31. The summed E-state index contributed by atoms with van der Waals surface area (Å²) in [6.07, 6.45) is 6.65. The van der Waals surface area contributed by atoms with Gasteiger partial charge >= 0.3 is 0 Å². The van der Waals surface area contributed by atoms with Crippen LogP contribution in [0.15, 0.2) is 10.5 Å². The smallest absolute Gasteiger partial charge is 0.107 e. The Bertz CT molecular complexity index is 365. The quantitative estimate of drug-likeness (QED) is 0.776. The highest BCUT2D eigenvalue weighted by atomic mass is 79.9. The molecule has 1 aromatic rings. The summed E-state index contributed by atoms with van der Waals surface area (Å²) in [5.41, 5.74) is 0.433. The lowest BCUT2D eigenvalue weighted by molar-refractivity contribution is 0.198. The van der Waals surface area contributed by atoms with Gasteiger partial charge in [-0.25, -0.2) is 0 Å². The van der Waals surface area contributed by atoms with Crippen LogP contribution in [0, 0.1) is 5.41 Å². The van der Waals surface area contributed by atoms with Gasteiger partial charge in [0.2, 0.25) is 0 Å². The zero-order chi connectivity index (χ0) is 12.5. The van der Waals surface area contributed by atoms with Gasteiger partial charge in [0.1, 0.15) is 4.34 Å². The van der Waals surface area contributed by atoms with Gasteiger partial charge in [0.25, 0.3) is 0 Å². The summed E-state index contributed by atoms with van der Waals surface area (Å²) in [5.74, 6) is 0. The third-order valence-corrected chi connectivity index (χ3v) is 6.69. The van der Waals surface area contributed by atoms with Crippen molar-refractivity contribution in [3.8, 4) is 0 Å². The van der Waals surface area contributed by atoms with Crippen LogP contribution < -0.4 is 5.32 Å². The molecule has 0 saturated heterocycles. The maximum Gasteiger partial charge on any atom is 0.107 e. The van der Waals surface area contributed by atoms with Crippen molar-refractivity contribution in [2.24, 2.45) is 5.41 Å². The second-order valence-electron chi connectivity index (χ2n) is 4.92. The van der Waals surface area contributed by atoms with E-state index in [-0.39, 0.29) is 0 Å². The molecule has 0 aliphatic heterocycles. The van der Waals surface area contributed by atoms with E-state index in [2.05, 4.69) is 41.3 Å². The normalized spacial score (nSPS) is 20.7. The predicted octanol–water partition coefficient (Wildman–Crippen LogP) is 5.39. The first-order valence-corrected chi connectivity index (χ1v) is 8.23. The van der Waals surface area contributed by atoms with Gasteiger partial charge < -0.3 is 5.32 Å². The molecule has 1 unspecified atom stereocenters. The van der Waals surface area contributed by atoms with Crippen molar-refractivity contribution in [1.82, 2.24) is 5.32 Å². The molecule has 1 fully saturated rings. The second-order valence-corrected chi connectivity index (χ2v) is 7.46. The molecule has 0 radical (unpaired) electrons. The molecule has 4 heteroatoms. The fourth-order valence-corrected chi connectivity index (χ4v) is 5.17. The van der Waals surface area contributed by atoms with Crippen molar-refractivity contribution in [2.45, 2.75) is 45.1 Å². The summed E-state index contributed by atoms with van der Waals surface area (Å²) in [6, 6.07) is 2.63. The molecule has 1 aliphatic rings. The molecule has 0 bridgehead atoms. The van der Waals surface area contributed by atoms with Gasteiger partial charge in [-0.2, -0.15) is 0 Å². The SMILES string of the molecule is CCC1(C(NC)c2cc(Br)c(Cl)s2)CCCC1. The van der Waals surface area contributed by atoms with Crippen LogP contribution in [0.2, 0.25) is 4.34 Å². The fraction of sp³-hybridized carbons (Fsp3) is 0.692. The lowest BCUT2D eigenvalue weighted by Crippen LogP contribution is -2.33. The minimum Gasteiger partial charge on any atom is -0.312 e. The molecular formula is C13H19BrClNS. The van der Waals surface area contributed by atoms with E-state index in [4.69, 9.17) is 11.6 Å². The summed E-state index contributed by atoms with van der Waals surface area (Å²) in [5, 5.41) is 3.52. The Kier molecular flexibility index (Phi) is 4.56. The van der Waals surface area contributed by atoms with Crippen LogP contribution in [0.1, 0.15) is 49.9 Å². The number of thiophene rings is 1. The Hall–Kier alpha value is 0.430. The van der Waals surface area contributed by atoms with Crippen LogP contribution in [0.5, 0.6) is 0 Å². The van der Waals surface area contributed by atoms with Crippen molar-refractivity contribution >= 4 is 38.9 Å². The van der Waals surface area contributed by atoms with E-state index in [0.29, 0.717) is 11.5 Å². The standard InChI is InChI=1S/C13H19BrClNS/c1-3-13(6-4-5-7-13)11(16-2)10-8-9(14)12(15)17-10/h8,11,16H,3-7H2,1-2H3. The number of hydrogen-bond acceptors (Lipinski definition) is 2. The van der Waals surface area contributed by atoms with Crippen molar-refractivity contribution in [3.05, 3.63) is 19.8 Å². The van der Waals surface area contributed by atoms with Gasteiger partial charge in [-0.3, -0.25) is 0 Å². The van der Waals surface area contributed by atoms with E-state index >= 15 is 0 Å². The van der Waals surface area contributed by atoms with Gasteiger partial charge in [0, 0.05) is 15.4 Å². The van der Waals surface area contributed by atoms with Gasteiger partial charge in [0.15, 0.2) is 0 Å². The first-order chi connectivity index (χ1) is 8.13. The molecule has 2 rings (SSSR count). The second kappa shape index (κ2) is 5.60. The van der Waals surface area contributed by atoms with Crippen LogP contribution in [-0.2, 0) is 0 Å². The highest BCUT2D eigenvalue weighted by Crippen LogP contribution is 2.52. The van der Waals surface area contributed by atoms with Crippen molar-refractivity contribution < 1.29 is 0 Å². The Morgan fingerprint density at radius 2 is 2.18 bits per heavy atom. The highest BCUT2D eigenvalue weighted by Gasteiger charge is 2.40. The van der Waals surface area contributed by atoms with Gasteiger partial charge in [-0.05, 0) is 53.7 Å². The van der Waals surface area contributed by atoms with Crippen LogP contribution in [0.25, 0.3) is 0 Å². The monoisotopic (exact) mass is 335 g/mol. The largest absolute Gasteiger partial charge is 0.312 e. The summed E-state index contributed by atoms with van der Waals surface area (Å²) < 4.78 is 1.90. The zero-order valence-electron chi connectivity index (χ0n) is 10.4. The zero-order valence-corrected chi connectivity index (χ0v) is 13.5. The minimum absolute atomic E-state index is 0.433. The van der Waals surface area contributed by atoms with Crippen LogP contribution in [-0.4, -0.2) is 7.05 Å². The molecule has 1 aliphatic carbocycles. The van der Waals surface area contributed by atoms with E-state index in [9.17, 15) is 0 Å². The lowest BCUT2D eigenvalue weighted by atomic mass is 9.75. The molecule has 0 amide bonds. The van der Waals surface area contributed by atoms with Crippen molar-refractivity contribution in [1.29, 1.82) is 0 Å². The van der Waals surface area contributed by atoms with Crippen LogP contribution in [0.4, 0.5) is 0 Å². The summed E-state index contributed by atoms with van der Waals surface area (Å²) in [7, 11) is 2.07. The summed E-state index contributed by atoms with van der Waals surface area (Å²) in [4.78, 5) is 1.37. The number of hydrogen-bond donors (Lipinski definition) is 1. The van der Waals surface area contributed by atoms with E-state index in [1.807, 2.05) is 0 Å². The molecule has 1 heterocycles. The van der Waals surface area contributed by atoms with Crippen LogP contribution in [0.3, 0.4) is 0 Å². The predicted molar refractivity (Wildman–Crippen MR) is 80.0 cm³/mol. The molecule has 1 N–H and O–H groups in total. The maximum absolute atomic E-state index is 6.17. The third-order valence-electron chi connectivity index (χ3n) is 4.15. The van der Waals surface area contributed by atoms with Crippen LogP contribution >= 0.6 is 38.9 Å². The molecule has 96 valence electrons. The van der Waals surface area contributed by atoms with Gasteiger partial charge in [0.05, 0.1) is 0 Å². The summed E-state index contributed by atoms with van der Waals surface area (Å²) >= 11 is 11.4. The third kappa shape index (κ3) is 2.58. The van der Waals surface area contributed by atoms with E-state index in [1.165, 1.54) is 37.0 Å². The first kappa shape index (κ1) is 13.9. The van der Waals surface area contributed by atoms with Crippen molar-refractivity contribution in [2.75, 3.05) is 7.05 Å². The Morgan fingerprint density at radius 3 is 2.59 bits per heavy atom. The average Bonchev–Trinajstić information content (AvgIpc) is 2.90. The highest BCUT2D eigenvalue weighted by molar-refractivity contribution is 9.10. The maximum atomic E-state index is 6.17. The Labute approximate surface area is 121 Å². The fourth-order valence-electron chi connectivity index (χ4n) is 3.18. The van der Waals surface area contributed by atoms with E-state index in [0.717, 1.165) is 8.81 Å². The molecule has 1 aromatic heterocycles. The van der Waals surface area contributed by atoms with E-state index < -0.39 is 0 Å². The Morgan fingerprint density at radius 1 is 1.53 bits per heavy atom. The topological polar surface area (TPSA) is 12.0 Å². The van der Waals surface area contributed by atoms with E-state index in [1.54, 1.807) is 11.3 Å². The molecule has 0 spiro atoms. The molecule has 0 aromatic carbocycles. The number of halogens is 2. The number of nitrogens with one attached hydrogen (secondary N) is 1. The molecule has 1 saturated carbocycles. The van der Waals surface area contributed by atoms with Gasteiger partial charge in [-0.15, -0.1) is 11.3 Å². The number of rotatable bonds is 4. The molecule has 1 nitrogen and oxygen atoms in total. The molecular weight excluding hydrogens is 318 g/mol. The lowest BCUT2D eigenvalue weighted by Gasteiger charge is -2.36. The molecule has 17 heavy (non-hydrogen) atoms. The average molecular weight is 337 g/mol. The minimum atomic E-state index is 0.433. The van der Waals surface area contributed by atoms with Gasteiger partial charge in [-0.1, -0.05) is 31.4 Å².